The Morgan fingerprint density at radius 1 is 1.40 bits per heavy atom. The van der Waals surface area contributed by atoms with Gasteiger partial charge in [0.2, 0.25) is 0 Å². The molecular formula is C14H14ClNO3S. The Labute approximate surface area is 125 Å². The number of rotatable bonds is 4. The van der Waals surface area contributed by atoms with E-state index in [4.69, 9.17) is 16.3 Å². The minimum atomic E-state index is -0.407. The number of aryl methyl sites for hydroxylation is 2. The Morgan fingerprint density at radius 2 is 2.15 bits per heavy atom. The van der Waals surface area contributed by atoms with Gasteiger partial charge in [0.15, 0.2) is 0 Å². The zero-order valence-electron chi connectivity index (χ0n) is 11.2. The van der Waals surface area contributed by atoms with Crippen LogP contribution in [0.4, 0.5) is 0 Å². The topological polar surface area (TPSA) is 48.3 Å². The van der Waals surface area contributed by atoms with Crippen LogP contribution in [-0.2, 0) is 11.3 Å². The molecule has 2 rings (SSSR count). The Bertz CT molecular complexity index is 690. The highest BCUT2D eigenvalue weighted by Gasteiger charge is 2.10. The highest BCUT2D eigenvalue weighted by Crippen LogP contribution is 2.25. The Morgan fingerprint density at radius 3 is 2.80 bits per heavy atom. The van der Waals surface area contributed by atoms with Crippen LogP contribution in [0.5, 0.6) is 5.75 Å². The molecule has 0 N–H and O–H groups in total. The van der Waals surface area contributed by atoms with Crippen molar-refractivity contribution in [2.24, 2.45) is 0 Å². The van der Waals surface area contributed by atoms with Crippen LogP contribution in [0.3, 0.4) is 0 Å². The summed E-state index contributed by atoms with van der Waals surface area (Å²) in [5, 5.41) is 2.17. The molecule has 1 aromatic carbocycles. The van der Waals surface area contributed by atoms with E-state index in [1.165, 1.54) is 0 Å². The van der Waals surface area contributed by atoms with Crippen LogP contribution in [-0.4, -0.2) is 10.5 Å². The minimum Gasteiger partial charge on any atom is -0.425 e. The Kier molecular flexibility index (Phi) is 4.62. The van der Waals surface area contributed by atoms with Gasteiger partial charge in [-0.2, -0.15) is 0 Å². The quantitative estimate of drug-likeness (QED) is 0.643. The van der Waals surface area contributed by atoms with Crippen LogP contribution in [0.2, 0.25) is 5.02 Å². The number of hydrogen-bond donors (Lipinski definition) is 0. The van der Waals surface area contributed by atoms with E-state index in [2.05, 4.69) is 0 Å². The zero-order valence-corrected chi connectivity index (χ0v) is 12.8. The molecule has 4 nitrogen and oxygen atoms in total. The van der Waals surface area contributed by atoms with Gasteiger partial charge in [-0.05, 0) is 31.5 Å². The van der Waals surface area contributed by atoms with Gasteiger partial charge in [-0.1, -0.05) is 29.0 Å². The van der Waals surface area contributed by atoms with E-state index in [1.807, 2.05) is 19.9 Å². The molecule has 0 saturated carbocycles. The van der Waals surface area contributed by atoms with Crippen LogP contribution < -0.4 is 9.61 Å². The maximum absolute atomic E-state index is 11.8. The van der Waals surface area contributed by atoms with Crippen molar-refractivity contribution in [1.29, 1.82) is 0 Å². The number of carbonyl (C=O) groups excluding carboxylic acids is 1. The van der Waals surface area contributed by atoms with Crippen LogP contribution in [0, 0.1) is 13.8 Å². The molecule has 0 unspecified atom stereocenters. The number of ether oxygens (including phenoxy) is 1. The van der Waals surface area contributed by atoms with Crippen molar-refractivity contribution < 1.29 is 9.53 Å². The molecule has 0 saturated heterocycles. The van der Waals surface area contributed by atoms with Gasteiger partial charge in [0, 0.05) is 17.6 Å². The van der Waals surface area contributed by atoms with E-state index in [0.717, 1.165) is 22.6 Å². The summed E-state index contributed by atoms with van der Waals surface area (Å²) in [7, 11) is 0. The maximum Gasteiger partial charge on any atom is 0.313 e. The van der Waals surface area contributed by atoms with E-state index >= 15 is 0 Å². The predicted molar refractivity (Wildman–Crippen MR) is 79.8 cm³/mol. The van der Waals surface area contributed by atoms with Crippen molar-refractivity contribution in [3.8, 4) is 5.75 Å². The summed E-state index contributed by atoms with van der Waals surface area (Å²) in [5.41, 5.74) is 1.81. The SMILES string of the molecule is Cc1ccc(Cl)c(OC(=O)CCn2c(C)csc2=O)c1. The number of halogens is 1. The fourth-order valence-corrected chi connectivity index (χ4v) is 2.66. The molecule has 2 aromatic rings. The predicted octanol–water partition coefficient (Wildman–Crippen LogP) is 3.18. The second kappa shape index (κ2) is 6.24. The summed E-state index contributed by atoms with van der Waals surface area (Å²) < 4.78 is 6.78. The first kappa shape index (κ1) is 14.8. The minimum absolute atomic E-state index is 0.0658. The van der Waals surface area contributed by atoms with Crippen molar-refractivity contribution in [3.05, 3.63) is 49.5 Å². The van der Waals surface area contributed by atoms with Gasteiger partial charge >= 0.3 is 10.8 Å². The van der Waals surface area contributed by atoms with E-state index in [0.29, 0.717) is 17.3 Å². The lowest BCUT2D eigenvalue weighted by atomic mass is 10.2. The van der Waals surface area contributed by atoms with Crippen molar-refractivity contribution in [3.63, 3.8) is 0 Å². The number of hydrogen-bond acceptors (Lipinski definition) is 4. The highest BCUT2D eigenvalue weighted by atomic mass is 35.5. The number of esters is 1. The third-order valence-electron chi connectivity index (χ3n) is 2.83. The van der Waals surface area contributed by atoms with Crippen molar-refractivity contribution in [1.82, 2.24) is 4.57 Å². The Balaban J connectivity index is 2.00. The number of thiazole rings is 1. The first-order chi connectivity index (χ1) is 9.47. The second-order valence-corrected chi connectivity index (χ2v) is 5.68. The zero-order chi connectivity index (χ0) is 14.7. The van der Waals surface area contributed by atoms with E-state index in [-0.39, 0.29) is 11.3 Å². The fourth-order valence-electron chi connectivity index (χ4n) is 1.74. The molecule has 0 atom stereocenters. The van der Waals surface area contributed by atoms with Gasteiger partial charge in [-0.3, -0.25) is 9.59 Å². The number of nitrogens with zero attached hydrogens (tertiary/aromatic N) is 1. The smallest absolute Gasteiger partial charge is 0.313 e. The first-order valence-corrected chi connectivity index (χ1v) is 7.35. The van der Waals surface area contributed by atoms with Crippen molar-refractivity contribution in [2.45, 2.75) is 26.8 Å². The van der Waals surface area contributed by atoms with Gasteiger partial charge in [-0.25, -0.2) is 0 Å². The number of aromatic nitrogens is 1. The standard InChI is InChI=1S/C14H14ClNO3S/c1-9-3-4-11(15)12(7-9)19-13(17)5-6-16-10(2)8-20-14(16)18/h3-4,7-8H,5-6H2,1-2H3. The summed E-state index contributed by atoms with van der Waals surface area (Å²) >= 11 is 7.08. The molecule has 0 aliphatic rings. The largest absolute Gasteiger partial charge is 0.425 e. The fraction of sp³-hybridized carbons (Fsp3) is 0.286. The molecule has 0 bridgehead atoms. The third kappa shape index (κ3) is 3.49. The van der Waals surface area contributed by atoms with Crippen LogP contribution in [0.1, 0.15) is 17.7 Å². The lowest BCUT2D eigenvalue weighted by Crippen LogP contribution is -2.19. The normalized spacial score (nSPS) is 10.6. The summed E-state index contributed by atoms with van der Waals surface area (Å²) in [6, 6.07) is 5.24. The maximum atomic E-state index is 11.8. The first-order valence-electron chi connectivity index (χ1n) is 6.09. The molecule has 0 spiro atoms. The van der Waals surface area contributed by atoms with Gasteiger partial charge in [0.05, 0.1) is 11.4 Å². The molecule has 0 aliphatic heterocycles. The van der Waals surface area contributed by atoms with Crippen LogP contribution in [0.25, 0.3) is 0 Å². The monoisotopic (exact) mass is 311 g/mol. The van der Waals surface area contributed by atoms with Crippen LogP contribution in [0.15, 0.2) is 28.4 Å². The lowest BCUT2D eigenvalue weighted by molar-refractivity contribution is -0.134. The molecule has 6 heteroatoms. The molecule has 1 aromatic heterocycles. The summed E-state index contributed by atoms with van der Waals surface area (Å²) in [6.45, 7) is 4.04. The molecular weight excluding hydrogens is 298 g/mol. The molecule has 1 heterocycles. The van der Waals surface area contributed by atoms with Crippen LogP contribution >= 0.6 is 22.9 Å². The van der Waals surface area contributed by atoms with E-state index in [9.17, 15) is 9.59 Å². The number of carbonyl (C=O) groups is 1. The molecule has 0 radical (unpaired) electrons. The average molecular weight is 312 g/mol. The van der Waals surface area contributed by atoms with Gasteiger partial charge < -0.3 is 9.30 Å². The molecule has 0 aliphatic carbocycles. The molecule has 0 fully saturated rings. The van der Waals surface area contributed by atoms with Gasteiger partial charge in [0.1, 0.15) is 5.75 Å². The molecule has 0 amide bonds. The number of benzene rings is 1. The highest BCUT2D eigenvalue weighted by molar-refractivity contribution is 7.07. The van der Waals surface area contributed by atoms with Gasteiger partial charge in [-0.15, -0.1) is 0 Å². The molecule has 20 heavy (non-hydrogen) atoms. The average Bonchev–Trinajstić information content (AvgIpc) is 2.71. The Hall–Kier alpha value is -1.59. The van der Waals surface area contributed by atoms with E-state index in [1.54, 1.807) is 22.1 Å². The van der Waals surface area contributed by atoms with Crippen molar-refractivity contribution in [2.75, 3.05) is 0 Å². The summed E-state index contributed by atoms with van der Waals surface area (Å²) in [5.74, 6) is -0.0546. The van der Waals surface area contributed by atoms with Crippen molar-refractivity contribution >= 4 is 28.9 Å². The molecule has 106 valence electrons. The lowest BCUT2D eigenvalue weighted by Gasteiger charge is -2.08. The second-order valence-electron chi connectivity index (χ2n) is 4.45. The van der Waals surface area contributed by atoms with E-state index < -0.39 is 5.97 Å². The van der Waals surface area contributed by atoms with Gasteiger partial charge in [0.25, 0.3) is 0 Å². The summed E-state index contributed by atoms with van der Waals surface area (Å²) in [6.07, 6.45) is 0.127. The third-order valence-corrected chi connectivity index (χ3v) is 4.02. The summed E-state index contributed by atoms with van der Waals surface area (Å²) in [4.78, 5) is 23.3.